The van der Waals surface area contributed by atoms with Crippen LogP contribution in [0.4, 0.5) is 0 Å². The predicted octanol–water partition coefficient (Wildman–Crippen LogP) is -0.964. The van der Waals surface area contributed by atoms with E-state index in [2.05, 4.69) is 8.37 Å². The summed E-state index contributed by atoms with van der Waals surface area (Å²) in [4.78, 5) is 0. The first-order chi connectivity index (χ1) is 3.60. The summed E-state index contributed by atoms with van der Waals surface area (Å²) in [6.45, 7) is 0. The van der Waals surface area contributed by atoms with Gasteiger partial charge in [0.1, 0.15) is 0 Å². The van der Waals surface area contributed by atoms with Crippen molar-refractivity contribution in [3.05, 3.63) is 12.1 Å². The average Bonchev–Trinajstić information content (AvgIpc) is 1.82. The van der Waals surface area contributed by atoms with Gasteiger partial charge in [-0.1, -0.05) is 0 Å². The molecule has 0 aromatic carbocycles. The fourth-order valence-corrected chi connectivity index (χ4v) is 0.790. The normalized spacial score (nSPS) is 23.2. The second-order valence-electron chi connectivity index (χ2n) is 1.11. The third-order valence-corrected chi connectivity index (χ3v) is 1.21. The van der Waals surface area contributed by atoms with Gasteiger partial charge in [-0.3, -0.25) is 0 Å². The zero-order chi connectivity index (χ0) is 6.20. The Balaban J connectivity index is 2.85. The lowest BCUT2D eigenvalue weighted by Gasteiger charge is -1.88. The van der Waals surface area contributed by atoms with E-state index in [1.54, 1.807) is 0 Å². The Kier molecular flexibility index (Phi) is 0.839. The van der Waals surface area contributed by atoms with Crippen LogP contribution < -0.4 is 5.73 Å². The van der Waals surface area contributed by atoms with E-state index in [9.17, 15) is 8.42 Å². The smallest absolute Gasteiger partial charge is 0.366 e. The van der Waals surface area contributed by atoms with Crippen LogP contribution in [0.25, 0.3) is 0 Å². The first-order valence-corrected chi connectivity index (χ1v) is 3.02. The molecule has 0 bridgehead atoms. The molecule has 1 aliphatic rings. The summed E-state index contributed by atoms with van der Waals surface area (Å²) in [7, 11) is -3.81. The van der Waals surface area contributed by atoms with Crippen molar-refractivity contribution in [1.29, 1.82) is 0 Å². The van der Waals surface area contributed by atoms with Gasteiger partial charge in [0, 0.05) is 0 Å². The third kappa shape index (κ3) is 0.836. The zero-order valence-electron chi connectivity index (χ0n) is 3.70. The Hall–Kier alpha value is -0.910. The molecule has 0 unspecified atom stereocenters. The number of hydrogen-bond acceptors (Lipinski definition) is 5. The first-order valence-electron chi connectivity index (χ1n) is 1.68. The molecule has 0 saturated carbocycles. The van der Waals surface area contributed by atoms with Gasteiger partial charge in [-0.05, 0) is 0 Å². The maximum atomic E-state index is 10.1. The van der Waals surface area contributed by atoms with Crippen LogP contribution >= 0.6 is 0 Å². The predicted molar refractivity (Wildman–Crippen MR) is 23.4 cm³/mol. The highest BCUT2D eigenvalue weighted by Gasteiger charge is 2.19. The second kappa shape index (κ2) is 1.28. The standard InChI is InChI=1S/C2H3NO4S/c3-2-1-6-8(4,5)7-2/h1H,3H2. The summed E-state index contributed by atoms with van der Waals surface area (Å²) in [6, 6.07) is 0. The maximum Gasteiger partial charge on any atom is 0.502 e. The van der Waals surface area contributed by atoms with Crippen molar-refractivity contribution in [2.24, 2.45) is 5.73 Å². The van der Waals surface area contributed by atoms with E-state index < -0.39 is 10.4 Å². The highest BCUT2D eigenvalue weighted by atomic mass is 32.3. The molecule has 0 spiro atoms. The van der Waals surface area contributed by atoms with Gasteiger partial charge < -0.3 is 14.1 Å². The van der Waals surface area contributed by atoms with E-state index in [0.717, 1.165) is 6.26 Å². The summed E-state index contributed by atoms with van der Waals surface area (Å²) in [5, 5.41) is 0. The monoisotopic (exact) mass is 137 g/mol. The summed E-state index contributed by atoms with van der Waals surface area (Å²) in [5.74, 6) is -0.245. The van der Waals surface area contributed by atoms with Crippen molar-refractivity contribution in [3.8, 4) is 0 Å². The first kappa shape index (κ1) is 5.23. The van der Waals surface area contributed by atoms with Gasteiger partial charge in [-0.2, -0.15) is 0 Å². The number of rotatable bonds is 0. The quantitative estimate of drug-likeness (QED) is 0.465. The summed E-state index contributed by atoms with van der Waals surface area (Å²) < 4.78 is 28.0. The van der Waals surface area contributed by atoms with Gasteiger partial charge in [0.2, 0.25) is 5.88 Å². The Bertz CT molecular complexity index is 214. The molecule has 1 aliphatic heterocycles. The Morgan fingerprint density at radius 1 is 1.62 bits per heavy atom. The summed E-state index contributed by atoms with van der Waals surface area (Å²) in [5.41, 5.74) is 4.85. The number of nitrogens with two attached hydrogens (primary N) is 1. The molecule has 0 aliphatic carbocycles. The molecule has 0 radical (unpaired) electrons. The molecule has 2 N–H and O–H groups in total. The molecular weight excluding hydrogens is 134 g/mol. The van der Waals surface area contributed by atoms with E-state index in [-0.39, 0.29) is 5.88 Å². The Labute approximate surface area is 46.0 Å². The Morgan fingerprint density at radius 2 is 2.25 bits per heavy atom. The van der Waals surface area contributed by atoms with Crippen LogP contribution in [0.5, 0.6) is 0 Å². The SMILES string of the molecule is NC1=COS(=O)(=O)O1. The largest absolute Gasteiger partial charge is 0.502 e. The van der Waals surface area contributed by atoms with Crippen molar-refractivity contribution in [3.63, 3.8) is 0 Å². The van der Waals surface area contributed by atoms with Crippen LogP contribution in [0.2, 0.25) is 0 Å². The van der Waals surface area contributed by atoms with E-state index in [1.807, 2.05) is 0 Å². The van der Waals surface area contributed by atoms with Crippen LogP contribution in [0.15, 0.2) is 12.1 Å². The van der Waals surface area contributed by atoms with E-state index in [4.69, 9.17) is 5.73 Å². The molecule has 0 fully saturated rings. The topological polar surface area (TPSA) is 78.6 Å². The molecule has 5 nitrogen and oxygen atoms in total. The summed E-state index contributed by atoms with van der Waals surface area (Å²) >= 11 is 0. The second-order valence-corrected chi connectivity index (χ2v) is 2.28. The molecule has 0 amide bonds. The van der Waals surface area contributed by atoms with E-state index in [0.29, 0.717) is 0 Å². The molecule has 6 heteroatoms. The lowest BCUT2D eigenvalue weighted by Crippen LogP contribution is -2.02. The fourth-order valence-electron chi connectivity index (χ4n) is 0.263. The maximum absolute atomic E-state index is 10.1. The van der Waals surface area contributed by atoms with Crippen LogP contribution in [0, 0.1) is 0 Å². The zero-order valence-corrected chi connectivity index (χ0v) is 4.51. The Morgan fingerprint density at radius 3 is 2.38 bits per heavy atom. The molecule has 1 heterocycles. The van der Waals surface area contributed by atoms with Gasteiger partial charge >= 0.3 is 10.4 Å². The molecule has 0 aromatic heterocycles. The van der Waals surface area contributed by atoms with Gasteiger partial charge in [-0.25, -0.2) is 0 Å². The third-order valence-electron chi connectivity index (χ3n) is 0.480. The molecular formula is C2H3NO4S. The minimum atomic E-state index is -3.81. The van der Waals surface area contributed by atoms with E-state index in [1.165, 1.54) is 0 Å². The van der Waals surface area contributed by atoms with Crippen molar-refractivity contribution in [2.75, 3.05) is 0 Å². The summed E-state index contributed by atoms with van der Waals surface area (Å²) in [6.07, 6.45) is 0.815. The minimum absolute atomic E-state index is 0.245. The van der Waals surface area contributed by atoms with Gasteiger partial charge in [0.15, 0.2) is 6.26 Å². The van der Waals surface area contributed by atoms with Crippen LogP contribution in [-0.2, 0) is 18.8 Å². The highest BCUT2D eigenvalue weighted by Crippen LogP contribution is 2.09. The average molecular weight is 137 g/mol. The number of hydrogen-bond donors (Lipinski definition) is 1. The van der Waals surface area contributed by atoms with Gasteiger partial charge in [0.25, 0.3) is 0 Å². The van der Waals surface area contributed by atoms with E-state index >= 15 is 0 Å². The highest BCUT2D eigenvalue weighted by molar-refractivity contribution is 7.82. The van der Waals surface area contributed by atoms with Gasteiger partial charge in [-0.15, -0.1) is 8.42 Å². The molecule has 0 saturated heterocycles. The fraction of sp³-hybridized carbons (Fsp3) is 0. The lowest BCUT2D eigenvalue weighted by atomic mass is 10.9. The van der Waals surface area contributed by atoms with Crippen LogP contribution in [0.1, 0.15) is 0 Å². The van der Waals surface area contributed by atoms with Crippen LogP contribution in [0.3, 0.4) is 0 Å². The van der Waals surface area contributed by atoms with Crippen molar-refractivity contribution in [1.82, 2.24) is 0 Å². The minimum Gasteiger partial charge on any atom is -0.366 e. The molecule has 46 valence electrons. The van der Waals surface area contributed by atoms with Crippen molar-refractivity contribution >= 4 is 10.4 Å². The van der Waals surface area contributed by atoms with Crippen LogP contribution in [-0.4, -0.2) is 8.42 Å². The lowest BCUT2D eigenvalue weighted by molar-refractivity contribution is 0.366. The molecule has 8 heavy (non-hydrogen) atoms. The molecule has 0 aromatic rings. The molecule has 0 atom stereocenters. The van der Waals surface area contributed by atoms with Crippen molar-refractivity contribution < 1.29 is 16.8 Å². The molecule has 1 rings (SSSR count). The van der Waals surface area contributed by atoms with Gasteiger partial charge in [0.05, 0.1) is 0 Å². The van der Waals surface area contributed by atoms with Crippen molar-refractivity contribution in [2.45, 2.75) is 0 Å².